The first-order chi connectivity index (χ1) is 9.17. The summed E-state index contributed by atoms with van der Waals surface area (Å²) in [5.41, 5.74) is 5.86. The number of nitrogens with zero attached hydrogens (tertiary/aromatic N) is 2. The first-order valence-corrected chi connectivity index (χ1v) is 6.32. The normalized spacial score (nSPS) is 11.2. The summed E-state index contributed by atoms with van der Waals surface area (Å²) >= 11 is 1.17. The number of rotatable bonds is 5. The van der Waals surface area contributed by atoms with Crippen molar-refractivity contribution in [2.45, 2.75) is 12.6 Å². The van der Waals surface area contributed by atoms with Crippen molar-refractivity contribution in [3.63, 3.8) is 0 Å². The fourth-order valence-electron chi connectivity index (χ4n) is 1.25. The third-order valence-corrected chi connectivity index (χ3v) is 2.92. The van der Waals surface area contributed by atoms with Crippen molar-refractivity contribution in [2.24, 2.45) is 0 Å². The molecule has 0 saturated heterocycles. The second-order valence-electron chi connectivity index (χ2n) is 4.00. The number of nitrogens with two attached hydrogens (primary N) is 1. The minimum absolute atomic E-state index is 0.0588. The number of likely N-dealkylation sites (N-methyl/N-ethyl adjacent to an activating group) is 1. The second-order valence-corrected chi connectivity index (χ2v) is 4.89. The molecule has 20 heavy (non-hydrogen) atoms. The van der Waals surface area contributed by atoms with Crippen LogP contribution in [0.3, 0.4) is 0 Å². The molecule has 0 spiro atoms. The van der Waals surface area contributed by atoms with E-state index in [2.05, 4.69) is 4.98 Å². The Balaban J connectivity index is 2.39. The van der Waals surface area contributed by atoms with Crippen LogP contribution in [-0.4, -0.2) is 48.0 Å². The van der Waals surface area contributed by atoms with Crippen LogP contribution in [0.25, 0.3) is 0 Å². The Morgan fingerprint density at radius 2 is 2.15 bits per heavy atom. The van der Waals surface area contributed by atoms with Crippen LogP contribution >= 0.6 is 11.3 Å². The highest BCUT2D eigenvalue weighted by Gasteiger charge is 2.28. The number of nitrogens with one attached hydrogen (secondary N) is 1. The van der Waals surface area contributed by atoms with E-state index in [1.54, 1.807) is 10.7 Å². The lowest BCUT2D eigenvalue weighted by atomic mass is 10.3. The number of thiazole rings is 1. The van der Waals surface area contributed by atoms with Gasteiger partial charge in [-0.1, -0.05) is 0 Å². The molecular formula is C10H13F3N4O2S. The molecular weight excluding hydrogens is 297 g/mol. The van der Waals surface area contributed by atoms with E-state index in [0.717, 1.165) is 4.90 Å². The second kappa shape index (κ2) is 6.55. The largest absolute Gasteiger partial charge is 0.405 e. The van der Waals surface area contributed by atoms with E-state index >= 15 is 0 Å². The smallest absolute Gasteiger partial charge is 0.375 e. The van der Waals surface area contributed by atoms with Crippen molar-refractivity contribution >= 4 is 28.3 Å². The highest BCUT2D eigenvalue weighted by Crippen LogP contribution is 2.13. The zero-order valence-electron chi connectivity index (χ0n) is 10.5. The molecule has 0 unspecified atom stereocenters. The minimum Gasteiger partial charge on any atom is -0.375 e. The van der Waals surface area contributed by atoms with Gasteiger partial charge in [-0.15, -0.1) is 11.3 Å². The standard InChI is InChI=1S/C10H13F3N4O2S/c1-17(3-7(18)15-5-10(11,12)13)8(19)2-6-4-20-9(14)16-6/h4H,2-3,5H2,1H3,(H2,14,16)(H,15,18). The summed E-state index contributed by atoms with van der Waals surface area (Å²) in [5, 5.41) is 3.60. The lowest BCUT2D eigenvalue weighted by Crippen LogP contribution is -2.42. The van der Waals surface area contributed by atoms with E-state index in [1.165, 1.54) is 18.4 Å². The molecule has 10 heteroatoms. The zero-order valence-corrected chi connectivity index (χ0v) is 11.3. The number of nitrogen functional groups attached to an aromatic ring is 1. The molecule has 3 N–H and O–H groups in total. The Hall–Kier alpha value is -1.84. The van der Waals surface area contributed by atoms with Crippen molar-refractivity contribution in [1.82, 2.24) is 15.2 Å². The topological polar surface area (TPSA) is 88.3 Å². The number of hydrogen-bond donors (Lipinski definition) is 2. The van der Waals surface area contributed by atoms with Crippen molar-refractivity contribution in [1.29, 1.82) is 0 Å². The zero-order chi connectivity index (χ0) is 15.3. The number of aromatic nitrogens is 1. The van der Waals surface area contributed by atoms with Gasteiger partial charge in [-0.2, -0.15) is 13.2 Å². The van der Waals surface area contributed by atoms with Gasteiger partial charge in [0.05, 0.1) is 18.7 Å². The Morgan fingerprint density at radius 1 is 1.50 bits per heavy atom. The summed E-state index contributed by atoms with van der Waals surface area (Å²) in [6.45, 7) is -1.87. The third kappa shape index (κ3) is 5.87. The molecule has 6 nitrogen and oxygen atoms in total. The van der Waals surface area contributed by atoms with Gasteiger partial charge in [0.15, 0.2) is 5.13 Å². The molecule has 1 aromatic rings. The van der Waals surface area contributed by atoms with Crippen LogP contribution in [0.15, 0.2) is 5.38 Å². The van der Waals surface area contributed by atoms with Gasteiger partial charge in [0.25, 0.3) is 0 Å². The molecule has 0 aromatic carbocycles. The molecule has 0 fully saturated rings. The van der Waals surface area contributed by atoms with Crippen LogP contribution in [0, 0.1) is 0 Å². The van der Waals surface area contributed by atoms with Crippen LogP contribution in [0.2, 0.25) is 0 Å². The summed E-state index contributed by atoms with van der Waals surface area (Å²) in [7, 11) is 1.32. The van der Waals surface area contributed by atoms with Gasteiger partial charge in [0.1, 0.15) is 6.54 Å². The maximum atomic E-state index is 11.9. The Kier molecular flexibility index (Phi) is 5.31. The first-order valence-electron chi connectivity index (χ1n) is 5.44. The fraction of sp³-hybridized carbons (Fsp3) is 0.500. The van der Waals surface area contributed by atoms with Crippen LogP contribution in [0.4, 0.5) is 18.3 Å². The average molecular weight is 310 g/mol. The summed E-state index contributed by atoms with van der Waals surface area (Å²) in [4.78, 5) is 27.8. The quantitative estimate of drug-likeness (QED) is 0.824. The highest BCUT2D eigenvalue weighted by atomic mass is 32.1. The van der Waals surface area contributed by atoms with Gasteiger partial charge < -0.3 is 16.0 Å². The molecule has 0 radical (unpaired) electrons. The van der Waals surface area contributed by atoms with E-state index < -0.39 is 31.1 Å². The van der Waals surface area contributed by atoms with Crippen LogP contribution in [0.1, 0.15) is 5.69 Å². The van der Waals surface area contributed by atoms with Gasteiger partial charge in [-0.05, 0) is 0 Å². The lowest BCUT2D eigenvalue weighted by molar-refractivity contribution is -0.141. The number of amides is 2. The van der Waals surface area contributed by atoms with E-state index in [-0.39, 0.29) is 6.42 Å². The van der Waals surface area contributed by atoms with Crippen molar-refractivity contribution in [2.75, 3.05) is 25.9 Å². The van der Waals surface area contributed by atoms with Gasteiger partial charge in [0.2, 0.25) is 11.8 Å². The minimum atomic E-state index is -4.48. The van der Waals surface area contributed by atoms with E-state index in [4.69, 9.17) is 5.73 Å². The van der Waals surface area contributed by atoms with Crippen molar-refractivity contribution in [3.8, 4) is 0 Å². The molecule has 0 saturated carbocycles. The first kappa shape index (κ1) is 16.2. The predicted molar refractivity (Wildman–Crippen MR) is 66.9 cm³/mol. The van der Waals surface area contributed by atoms with Crippen molar-refractivity contribution < 1.29 is 22.8 Å². The molecule has 1 rings (SSSR count). The summed E-state index contributed by atoms with van der Waals surface area (Å²) in [5.74, 6) is -1.31. The molecule has 0 aliphatic carbocycles. The lowest BCUT2D eigenvalue weighted by Gasteiger charge is -2.16. The van der Waals surface area contributed by atoms with Crippen LogP contribution < -0.4 is 11.1 Å². The van der Waals surface area contributed by atoms with Gasteiger partial charge in [0, 0.05) is 12.4 Å². The number of carbonyl (C=O) groups excluding carboxylic acids is 2. The average Bonchev–Trinajstić information content (AvgIpc) is 2.71. The molecule has 0 atom stereocenters. The SMILES string of the molecule is CN(CC(=O)NCC(F)(F)F)C(=O)Cc1csc(N)n1. The van der Waals surface area contributed by atoms with E-state index in [0.29, 0.717) is 10.8 Å². The van der Waals surface area contributed by atoms with E-state index in [9.17, 15) is 22.8 Å². The highest BCUT2D eigenvalue weighted by molar-refractivity contribution is 7.13. The fourth-order valence-corrected chi connectivity index (χ4v) is 1.81. The molecule has 1 heterocycles. The van der Waals surface area contributed by atoms with Gasteiger partial charge in [-0.3, -0.25) is 9.59 Å². The van der Waals surface area contributed by atoms with Crippen LogP contribution in [-0.2, 0) is 16.0 Å². The molecule has 1 aromatic heterocycles. The number of alkyl halides is 3. The monoisotopic (exact) mass is 310 g/mol. The molecule has 0 aliphatic rings. The summed E-state index contributed by atoms with van der Waals surface area (Å²) in [6.07, 6.45) is -4.53. The van der Waals surface area contributed by atoms with E-state index in [1.807, 2.05) is 0 Å². The number of anilines is 1. The Bertz CT molecular complexity index is 489. The Labute approximate surface area is 116 Å². The molecule has 112 valence electrons. The van der Waals surface area contributed by atoms with Crippen molar-refractivity contribution in [3.05, 3.63) is 11.1 Å². The molecule has 0 bridgehead atoms. The molecule has 0 aliphatic heterocycles. The summed E-state index contributed by atoms with van der Waals surface area (Å²) in [6, 6.07) is 0. The number of carbonyl (C=O) groups is 2. The Morgan fingerprint density at radius 3 is 2.65 bits per heavy atom. The number of hydrogen-bond acceptors (Lipinski definition) is 5. The van der Waals surface area contributed by atoms with Gasteiger partial charge in [-0.25, -0.2) is 4.98 Å². The number of halogens is 3. The van der Waals surface area contributed by atoms with Crippen LogP contribution in [0.5, 0.6) is 0 Å². The predicted octanol–water partition coefficient (Wildman–Crippen LogP) is 0.405. The third-order valence-electron chi connectivity index (χ3n) is 2.19. The van der Waals surface area contributed by atoms with Gasteiger partial charge >= 0.3 is 6.18 Å². The maximum Gasteiger partial charge on any atom is 0.405 e. The molecule has 2 amide bonds. The maximum absolute atomic E-state index is 11.9. The summed E-state index contributed by atoms with van der Waals surface area (Å²) < 4.78 is 35.7.